The molecule has 0 fully saturated rings. The number of aryl methyl sites for hydroxylation is 1. The second-order valence-corrected chi connectivity index (χ2v) is 4.57. The molecular formula is C13H11F6N3. The van der Waals surface area contributed by atoms with Gasteiger partial charge in [0.25, 0.3) is 0 Å². The van der Waals surface area contributed by atoms with Crippen LogP contribution in [0.5, 0.6) is 0 Å². The van der Waals surface area contributed by atoms with Crippen LogP contribution in [0.15, 0.2) is 30.3 Å². The molecule has 0 saturated carbocycles. The normalized spacial score (nSPS) is 12.5. The zero-order chi connectivity index (χ0) is 16.5. The molecule has 0 aliphatic carbocycles. The molecule has 1 aromatic heterocycles. The summed E-state index contributed by atoms with van der Waals surface area (Å²) in [6.07, 6.45) is -9.01. The standard InChI is InChI=1S/C13H11F6N3/c1-22-11(13(17,18)19)6-10(21-22)7-20-9-4-2-3-8(5-9)12(14,15)16/h2-6,20H,7H2,1H3. The lowest BCUT2D eigenvalue weighted by Gasteiger charge is -2.09. The quantitative estimate of drug-likeness (QED) is 0.863. The van der Waals surface area contributed by atoms with E-state index in [-0.39, 0.29) is 17.9 Å². The Balaban J connectivity index is 2.11. The summed E-state index contributed by atoms with van der Waals surface area (Å²) in [7, 11) is 1.15. The van der Waals surface area contributed by atoms with E-state index in [1.165, 1.54) is 12.1 Å². The summed E-state index contributed by atoms with van der Waals surface area (Å²) in [4.78, 5) is 0. The molecule has 22 heavy (non-hydrogen) atoms. The van der Waals surface area contributed by atoms with Crippen molar-refractivity contribution in [3.8, 4) is 0 Å². The Labute approximate surface area is 121 Å². The lowest BCUT2D eigenvalue weighted by atomic mass is 10.2. The van der Waals surface area contributed by atoms with E-state index < -0.39 is 23.6 Å². The fourth-order valence-corrected chi connectivity index (χ4v) is 1.88. The third-order valence-corrected chi connectivity index (χ3v) is 2.88. The maximum Gasteiger partial charge on any atom is 0.433 e. The van der Waals surface area contributed by atoms with E-state index in [1.54, 1.807) is 0 Å². The van der Waals surface area contributed by atoms with Crippen LogP contribution in [-0.4, -0.2) is 9.78 Å². The highest BCUT2D eigenvalue weighted by Crippen LogP contribution is 2.31. The molecule has 0 unspecified atom stereocenters. The first-order valence-corrected chi connectivity index (χ1v) is 6.08. The van der Waals surface area contributed by atoms with Gasteiger partial charge in [-0.25, -0.2) is 0 Å². The number of hydrogen-bond acceptors (Lipinski definition) is 2. The van der Waals surface area contributed by atoms with Gasteiger partial charge in [0, 0.05) is 12.7 Å². The largest absolute Gasteiger partial charge is 0.433 e. The van der Waals surface area contributed by atoms with E-state index >= 15 is 0 Å². The molecule has 0 aliphatic heterocycles. The minimum Gasteiger partial charge on any atom is -0.379 e. The second kappa shape index (κ2) is 5.54. The van der Waals surface area contributed by atoms with Crippen LogP contribution < -0.4 is 5.32 Å². The lowest BCUT2D eigenvalue weighted by Crippen LogP contribution is -2.11. The van der Waals surface area contributed by atoms with Crippen LogP contribution in [0.25, 0.3) is 0 Å². The molecule has 120 valence electrons. The third kappa shape index (κ3) is 3.71. The third-order valence-electron chi connectivity index (χ3n) is 2.88. The molecular weight excluding hydrogens is 312 g/mol. The molecule has 3 nitrogen and oxygen atoms in total. The molecule has 1 N–H and O–H groups in total. The van der Waals surface area contributed by atoms with Crippen LogP contribution in [0.3, 0.4) is 0 Å². The molecule has 0 aliphatic rings. The Kier molecular flexibility index (Phi) is 4.08. The summed E-state index contributed by atoms with van der Waals surface area (Å²) >= 11 is 0. The van der Waals surface area contributed by atoms with Gasteiger partial charge in [-0.05, 0) is 24.3 Å². The topological polar surface area (TPSA) is 29.9 Å². The number of hydrogen-bond donors (Lipinski definition) is 1. The number of nitrogens with zero attached hydrogens (tertiary/aromatic N) is 2. The van der Waals surface area contributed by atoms with Gasteiger partial charge in [-0.3, -0.25) is 4.68 Å². The molecule has 0 spiro atoms. The summed E-state index contributed by atoms with van der Waals surface area (Å²) in [6, 6.07) is 5.25. The highest BCUT2D eigenvalue weighted by atomic mass is 19.4. The van der Waals surface area contributed by atoms with Crippen molar-refractivity contribution in [2.75, 3.05) is 5.32 Å². The molecule has 9 heteroatoms. The summed E-state index contributed by atoms with van der Waals surface area (Å²) in [5.41, 5.74) is -1.54. The zero-order valence-electron chi connectivity index (χ0n) is 11.3. The van der Waals surface area contributed by atoms with Gasteiger partial charge in [0.2, 0.25) is 0 Å². The predicted molar refractivity (Wildman–Crippen MR) is 67.0 cm³/mol. The first-order chi connectivity index (χ1) is 10.1. The average Bonchev–Trinajstić information content (AvgIpc) is 2.77. The number of nitrogens with one attached hydrogen (secondary N) is 1. The second-order valence-electron chi connectivity index (χ2n) is 4.57. The number of rotatable bonds is 3. The Hall–Kier alpha value is -2.19. The molecule has 0 atom stereocenters. The van der Waals surface area contributed by atoms with Crippen molar-refractivity contribution in [1.29, 1.82) is 0 Å². The minimum absolute atomic E-state index is 0.0761. The van der Waals surface area contributed by atoms with E-state index in [9.17, 15) is 26.3 Å². The Morgan fingerprint density at radius 1 is 1.05 bits per heavy atom. The van der Waals surface area contributed by atoms with Crippen molar-refractivity contribution in [1.82, 2.24) is 9.78 Å². The zero-order valence-corrected chi connectivity index (χ0v) is 11.3. The van der Waals surface area contributed by atoms with Gasteiger partial charge in [0.05, 0.1) is 17.8 Å². The predicted octanol–water partition coefficient (Wildman–Crippen LogP) is 4.07. The highest BCUT2D eigenvalue weighted by molar-refractivity contribution is 5.46. The Morgan fingerprint density at radius 3 is 2.27 bits per heavy atom. The van der Waals surface area contributed by atoms with Gasteiger partial charge in [-0.15, -0.1) is 0 Å². The Morgan fingerprint density at radius 2 is 1.73 bits per heavy atom. The van der Waals surface area contributed by atoms with Crippen LogP contribution in [0.4, 0.5) is 32.0 Å². The molecule has 1 aromatic carbocycles. The average molecular weight is 323 g/mol. The van der Waals surface area contributed by atoms with Gasteiger partial charge in [0.15, 0.2) is 0 Å². The SMILES string of the molecule is Cn1nc(CNc2cccc(C(F)(F)F)c2)cc1C(F)(F)F. The number of alkyl halides is 6. The number of aromatic nitrogens is 2. The van der Waals surface area contributed by atoms with Crippen LogP contribution in [0, 0.1) is 0 Å². The van der Waals surface area contributed by atoms with Gasteiger partial charge < -0.3 is 5.32 Å². The van der Waals surface area contributed by atoms with Crippen molar-refractivity contribution < 1.29 is 26.3 Å². The molecule has 2 aromatic rings. The molecule has 0 amide bonds. The van der Waals surface area contributed by atoms with E-state index in [0.717, 1.165) is 25.2 Å². The number of benzene rings is 1. The monoisotopic (exact) mass is 323 g/mol. The van der Waals surface area contributed by atoms with E-state index in [1.807, 2.05) is 0 Å². The van der Waals surface area contributed by atoms with Gasteiger partial charge >= 0.3 is 12.4 Å². The van der Waals surface area contributed by atoms with Crippen LogP contribution >= 0.6 is 0 Å². The molecule has 2 rings (SSSR count). The maximum atomic E-state index is 12.6. The van der Waals surface area contributed by atoms with Crippen molar-refractivity contribution in [2.24, 2.45) is 7.05 Å². The molecule has 0 bridgehead atoms. The van der Waals surface area contributed by atoms with Crippen LogP contribution in [0.2, 0.25) is 0 Å². The number of halogens is 6. The van der Waals surface area contributed by atoms with Crippen molar-refractivity contribution in [3.63, 3.8) is 0 Å². The molecule has 0 saturated heterocycles. The Bertz CT molecular complexity index is 657. The molecule has 1 heterocycles. The van der Waals surface area contributed by atoms with Crippen LogP contribution in [0.1, 0.15) is 17.0 Å². The first-order valence-electron chi connectivity index (χ1n) is 6.08. The van der Waals surface area contributed by atoms with Crippen LogP contribution in [-0.2, 0) is 25.9 Å². The molecule has 0 radical (unpaired) electrons. The van der Waals surface area contributed by atoms with E-state index in [0.29, 0.717) is 4.68 Å². The number of anilines is 1. The van der Waals surface area contributed by atoms with Crippen molar-refractivity contribution in [3.05, 3.63) is 47.3 Å². The summed E-state index contributed by atoms with van der Waals surface area (Å²) in [6.45, 7) is -0.120. The first kappa shape index (κ1) is 16.2. The summed E-state index contributed by atoms with van der Waals surface area (Å²) in [5.74, 6) is 0. The van der Waals surface area contributed by atoms with E-state index in [2.05, 4.69) is 10.4 Å². The van der Waals surface area contributed by atoms with Gasteiger partial charge in [0.1, 0.15) is 5.69 Å². The fraction of sp³-hybridized carbons (Fsp3) is 0.308. The lowest BCUT2D eigenvalue weighted by molar-refractivity contribution is -0.143. The van der Waals surface area contributed by atoms with Crippen molar-refractivity contribution >= 4 is 5.69 Å². The fourth-order valence-electron chi connectivity index (χ4n) is 1.88. The minimum atomic E-state index is -4.53. The van der Waals surface area contributed by atoms with Gasteiger partial charge in [-0.1, -0.05) is 6.07 Å². The van der Waals surface area contributed by atoms with Crippen molar-refractivity contribution in [2.45, 2.75) is 18.9 Å². The summed E-state index contributed by atoms with van der Waals surface area (Å²) in [5, 5.41) is 6.30. The summed E-state index contributed by atoms with van der Waals surface area (Å²) < 4.78 is 76.1. The van der Waals surface area contributed by atoms with E-state index in [4.69, 9.17) is 0 Å². The maximum absolute atomic E-state index is 12.6. The van der Waals surface area contributed by atoms with Gasteiger partial charge in [-0.2, -0.15) is 31.4 Å². The highest BCUT2D eigenvalue weighted by Gasteiger charge is 2.35. The smallest absolute Gasteiger partial charge is 0.379 e.